The average Bonchev–Trinajstić information content (AvgIpc) is 3.18. The lowest BCUT2D eigenvalue weighted by atomic mass is 9.97. The Labute approximate surface area is 515 Å². The van der Waals surface area contributed by atoms with Gasteiger partial charge in [-0.2, -0.15) is 0 Å². The fraction of sp³-hybridized carbons (Fsp3) is 0.852. The molecule has 17 unspecified atom stereocenters. The molecule has 89 heavy (non-hydrogen) atoms. The minimum atomic E-state index is -1.53. The van der Waals surface area contributed by atoms with Crippen LogP contribution in [0.25, 0.3) is 0 Å². The quantitative estimate of drug-likeness (QED) is 0.0252. The Balaban J connectivity index is 1.61. The van der Waals surface area contributed by atoms with E-state index in [0.29, 0.717) is 6.61 Å². The third-order valence-electron chi connectivity index (χ3n) is 14.1. The second-order valence-corrected chi connectivity index (χ2v) is 21.7. The molecular formula is C54H96N8O27. The minimum absolute atomic E-state index is 0.0127. The summed E-state index contributed by atoms with van der Waals surface area (Å²) in [7, 11) is 0. The second-order valence-electron chi connectivity index (χ2n) is 21.7. The largest absolute Gasteiger partial charge is 0.394 e. The van der Waals surface area contributed by atoms with E-state index in [0.717, 1.165) is 0 Å². The SMILES string of the molecule is CCOC(C)(C)CCC(=O)NC(CCC(=O)NC(CCC(=O)NCCOCCOC1OC(CO)C(O)C(O)C1NC(C)=O)C(=O)NCCOCCOC1OC(CO)C(O)C(O)C1NC(C)=O)C(=O)NCCOCCOC1OC(CO)C(O)C(O)C1NC(C)=O. The Bertz CT molecular complexity index is 2160. The number of carbonyl (C=O) groups excluding carboxylic acids is 8. The highest BCUT2D eigenvalue weighted by Crippen LogP contribution is 2.25. The topological polar surface area (TPSA) is 507 Å². The smallest absolute Gasteiger partial charge is 0.242 e. The van der Waals surface area contributed by atoms with Gasteiger partial charge in [-0.25, -0.2) is 0 Å². The van der Waals surface area contributed by atoms with Crippen molar-refractivity contribution in [2.75, 3.05) is 106 Å². The van der Waals surface area contributed by atoms with Gasteiger partial charge in [0.1, 0.15) is 85.1 Å². The molecule has 3 fully saturated rings. The van der Waals surface area contributed by atoms with Crippen LogP contribution in [0.3, 0.4) is 0 Å². The van der Waals surface area contributed by atoms with Gasteiger partial charge in [0, 0.05) is 66.3 Å². The first-order valence-corrected chi connectivity index (χ1v) is 29.6. The number of carbonyl (C=O) groups is 8. The summed E-state index contributed by atoms with van der Waals surface area (Å²) in [5, 5.41) is 112. The number of ether oxygens (including phenoxy) is 10. The summed E-state index contributed by atoms with van der Waals surface area (Å²) in [5.41, 5.74) is -0.679. The summed E-state index contributed by atoms with van der Waals surface area (Å²) >= 11 is 0. The van der Waals surface area contributed by atoms with Crippen LogP contribution in [0.5, 0.6) is 0 Å². The molecule has 35 nitrogen and oxygen atoms in total. The molecule has 3 aliphatic heterocycles. The van der Waals surface area contributed by atoms with Gasteiger partial charge in [-0.15, -0.1) is 0 Å². The zero-order chi connectivity index (χ0) is 66.2. The lowest BCUT2D eigenvalue weighted by Gasteiger charge is -2.42. The fourth-order valence-electron chi connectivity index (χ4n) is 9.40. The molecule has 0 aliphatic carbocycles. The van der Waals surface area contributed by atoms with Gasteiger partial charge in [-0.1, -0.05) is 0 Å². The molecule has 3 aliphatic rings. The second kappa shape index (κ2) is 41.5. The molecule has 3 heterocycles. The van der Waals surface area contributed by atoms with Crippen molar-refractivity contribution in [3.63, 3.8) is 0 Å². The molecule has 514 valence electrons. The zero-order valence-electron chi connectivity index (χ0n) is 51.2. The van der Waals surface area contributed by atoms with E-state index in [1.54, 1.807) is 20.8 Å². The number of hydrogen-bond acceptors (Lipinski definition) is 27. The van der Waals surface area contributed by atoms with E-state index in [4.69, 9.17) is 47.4 Å². The van der Waals surface area contributed by atoms with E-state index in [1.807, 2.05) is 0 Å². The number of aliphatic hydroxyl groups is 9. The molecule has 35 heteroatoms. The van der Waals surface area contributed by atoms with E-state index < -0.39 is 183 Å². The summed E-state index contributed by atoms with van der Waals surface area (Å²) in [6.45, 7) is 6.34. The predicted molar refractivity (Wildman–Crippen MR) is 303 cm³/mol. The zero-order valence-corrected chi connectivity index (χ0v) is 51.2. The van der Waals surface area contributed by atoms with Crippen molar-refractivity contribution in [1.29, 1.82) is 0 Å². The molecule has 0 saturated carbocycles. The molecule has 0 aromatic carbocycles. The van der Waals surface area contributed by atoms with Gasteiger partial charge in [0.2, 0.25) is 47.3 Å². The number of hydrogen-bond donors (Lipinski definition) is 17. The number of rotatable bonds is 42. The van der Waals surface area contributed by atoms with Crippen molar-refractivity contribution >= 4 is 47.3 Å². The molecule has 17 N–H and O–H groups in total. The fourth-order valence-corrected chi connectivity index (χ4v) is 9.40. The normalized spacial score (nSPS) is 27.7. The van der Waals surface area contributed by atoms with Crippen LogP contribution < -0.4 is 42.5 Å². The number of nitrogens with one attached hydrogen (secondary N) is 8. The van der Waals surface area contributed by atoms with Crippen LogP contribution in [0.4, 0.5) is 0 Å². The van der Waals surface area contributed by atoms with E-state index in [-0.39, 0.29) is 111 Å². The van der Waals surface area contributed by atoms with Gasteiger partial charge >= 0.3 is 0 Å². The van der Waals surface area contributed by atoms with E-state index in [9.17, 15) is 84.3 Å². The Kier molecular flexibility index (Phi) is 36.5. The van der Waals surface area contributed by atoms with Gasteiger partial charge in [-0.05, 0) is 40.0 Å². The molecule has 0 aromatic heterocycles. The summed E-state index contributed by atoms with van der Waals surface area (Å²) < 4.78 is 55.8. The molecule has 8 amide bonds. The van der Waals surface area contributed by atoms with Crippen molar-refractivity contribution in [3.8, 4) is 0 Å². The molecule has 0 radical (unpaired) electrons. The maximum atomic E-state index is 13.7. The van der Waals surface area contributed by atoms with Crippen LogP contribution in [-0.2, 0) is 85.7 Å². The van der Waals surface area contributed by atoms with Gasteiger partial charge in [0.05, 0.1) is 84.9 Å². The van der Waals surface area contributed by atoms with Crippen LogP contribution in [0.15, 0.2) is 0 Å². The van der Waals surface area contributed by atoms with Gasteiger partial charge in [0.15, 0.2) is 18.9 Å². The molecule has 3 saturated heterocycles. The van der Waals surface area contributed by atoms with Crippen LogP contribution in [0.2, 0.25) is 0 Å². The minimum Gasteiger partial charge on any atom is -0.394 e. The Morgan fingerprint density at radius 2 is 0.775 bits per heavy atom. The average molecular weight is 1290 g/mol. The summed E-state index contributed by atoms with van der Waals surface area (Å²) in [6, 6.07) is -6.12. The van der Waals surface area contributed by atoms with Crippen molar-refractivity contribution in [1.82, 2.24) is 42.5 Å². The molecule has 17 atom stereocenters. The predicted octanol–water partition coefficient (Wildman–Crippen LogP) is -8.61. The third kappa shape index (κ3) is 28.2. The van der Waals surface area contributed by atoms with Crippen LogP contribution >= 0.6 is 0 Å². The number of aliphatic hydroxyl groups excluding tert-OH is 9. The highest BCUT2D eigenvalue weighted by molar-refractivity contribution is 5.90. The van der Waals surface area contributed by atoms with Crippen molar-refractivity contribution in [2.24, 2.45) is 0 Å². The Hall–Kier alpha value is -5.00. The molecule has 0 bridgehead atoms. The molecule has 0 spiro atoms. The van der Waals surface area contributed by atoms with Gasteiger partial charge < -0.3 is 136 Å². The lowest BCUT2D eigenvalue weighted by molar-refractivity contribution is -0.272. The first-order valence-electron chi connectivity index (χ1n) is 29.6. The highest BCUT2D eigenvalue weighted by atomic mass is 16.7. The van der Waals surface area contributed by atoms with Crippen molar-refractivity contribution in [3.05, 3.63) is 0 Å². The van der Waals surface area contributed by atoms with E-state index in [2.05, 4.69) is 42.5 Å². The van der Waals surface area contributed by atoms with Crippen molar-refractivity contribution in [2.45, 2.75) is 190 Å². The summed E-state index contributed by atoms with van der Waals surface area (Å²) in [5.74, 6) is -4.84. The Morgan fingerprint density at radius 1 is 0.449 bits per heavy atom. The lowest BCUT2D eigenvalue weighted by Crippen LogP contribution is -2.64. The first-order chi connectivity index (χ1) is 42.3. The van der Waals surface area contributed by atoms with Crippen molar-refractivity contribution < 1.29 is 132 Å². The van der Waals surface area contributed by atoms with Gasteiger partial charge in [0.25, 0.3) is 0 Å². The summed E-state index contributed by atoms with van der Waals surface area (Å²) in [4.78, 5) is 103. The maximum absolute atomic E-state index is 13.7. The monoisotopic (exact) mass is 1290 g/mol. The number of amides is 8. The van der Waals surface area contributed by atoms with Crippen LogP contribution in [-0.4, -0.2) is 308 Å². The summed E-state index contributed by atoms with van der Waals surface area (Å²) in [6.07, 6.45) is -17.4. The molecule has 3 rings (SSSR count). The third-order valence-corrected chi connectivity index (χ3v) is 14.1. The van der Waals surface area contributed by atoms with E-state index >= 15 is 0 Å². The van der Waals surface area contributed by atoms with Crippen LogP contribution in [0.1, 0.15) is 80.1 Å². The molecular weight excluding hydrogens is 1190 g/mol. The van der Waals surface area contributed by atoms with E-state index in [1.165, 1.54) is 20.8 Å². The maximum Gasteiger partial charge on any atom is 0.242 e. The first kappa shape index (κ1) is 78.2. The standard InChI is InChI=1S/C54H96N8O27/c1-7-86-54(5,6)13-12-39(71)62-33(50(79)57-16-19-82-22-25-85-53-42(60-31(4)68)48(77)45(74)36(28-65)89-53)9-11-38(70)61-32(49(78)56-15-18-81-21-24-84-52-41(59-30(3)67)47(76)44(73)35(27-64)88-52)8-10-37(69)55-14-17-80-20-23-83-51-40(58-29(2)66)46(75)43(72)34(26-63)87-51/h32-36,40-48,51-53,63-65,72-77H,7-28H2,1-6H3,(H,55,69)(H,56,78)(H,57,79)(H,58,66)(H,59,67)(H,60,68)(H,61,70)(H,62,71). The van der Waals surface area contributed by atoms with Gasteiger partial charge in [-0.3, -0.25) is 38.4 Å². The Morgan fingerprint density at radius 3 is 1.10 bits per heavy atom. The molecule has 0 aromatic rings. The van der Waals surface area contributed by atoms with Crippen LogP contribution in [0, 0.1) is 0 Å². The highest BCUT2D eigenvalue weighted by Gasteiger charge is 2.48.